The zero-order valence-corrected chi connectivity index (χ0v) is 13.6. The molecule has 2 aromatic rings. The standard InChI is InChI=1S/C19H16N2O4/c1-25-13-8-6-12(7-9-13)11-21-16(22)10-19(18(21)24)15-5-3-2-4-14(15)17(23)20-19/h2-9H,10-11H2,1H3,(H,20,23)/t19-/m0/s1. The molecule has 126 valence electrons. The van der Waals surface area contributed by atoms with Gasteiger partial charge in [0.05, 0.1) is 20.1 Å². The highest BCUT2D eigenvalue weighted by atomic mass is 16.5. The summed E-state index contributed by atoms with van der Waals surface area (Å²) in [6.07, 6.45) is -0.0509. The number of carbonyl (C=O) groups excluding carboxylic acids is 3. The number of hydrogen-bond donors (Lipinski definition) is 1. The molecule has 2 heterocycles. The van der Waals surface area contributed by atoms with Gasteiger partial charge in [0.15, 0.2) is 5.54 Å². The first-order valence-corrected chi connectivity index (χ1v) is 7.95. The molecular weight excluding hydrogens is 320 g/mol. The van der Waals surface area contributed by atoms with Crippen LogP contribution in [0.5, 0.6) is 5.75 Å². The van der Waals surface area contributed by atoms with E-state index < -0.39 is 5.54 Å². The molecule has 0 unspecified atom stereocenters. The monoisotopic (exact) mass is 336 g/mol. The van der Waals surface area contributed by atoms with E-state index in [2.05, 4.69) is 5.32 Å². The summed E-state index contributed by atoms with van der Waals surface area (Å²) in [4.78, 5) is 39.0. The summed E-state index contributed by atoms with van der Waals surface area (Å²) in [7, 11) is 1.58. The Hall–Kier alpha value is -3.15. The summed E-state index contributed by atoms with van der Waals surface area (Å²) in [5.41, 5.74) is 0.583. The second-order valence-electron chi connectivity index (χ2n) is 6.21. The van der Waals surface area contributed by atoms with Gasteiger partial charge in [-0.05, 0) is 23.8 Å². The Kier molecular flexibility index (Phi) is 3.35. The number of benzene rings is 2. The number of likely N-dealkylation sites (tertiary alicyclic amines) is 1. The van der Waals surface area contributed by atoms with Crippen LogP contribution >= 0.6 is 0 Å². The number of carbonyl (C=O) groups is 3. The lowest BCUT2D eigenvalue weighted by atomic mass is 9.89. The van der Waals surface area contributed by atoms with Crippen molar-refractivity contribution in [1.29, 1.82) is 0 Å². The van der Waals surface area contributed by atoms with Gasteiger partial charge in [0.2, 0.25) is 5.91 Å². The lowest BCUT2D eigenvalue weighted by Gasteiger charge is -2.23. The summed E-state index contributed by atoms with van der Waals surface area (Å²) >= 11 is 0. The van der Waals surface area contributed by atoms with Gasteiger partial charge in [-0.15, -0.1) is 0 Å². The minimum atomic E-state index is -1.27. The minimum absolute atomic E-state index is 0.0509. The molecule has 6 nitrogen and oxygen atoms in total. The summed E-state index contributed by atoms with van der Waals surface area (Å²) in [5.74, 6) is -0.288. The number of nitrogens with zero attached hydrogens (tertiary/aromatic N) is 1. The van der Waals surface area contributed by atoms with Crippen LogP contribution in [0.2, 0.25) is 0 Å². The van der Waals surface area contributed by atoms with E-state index in [1.807, 2.05) is 12.1 Å². The van der Waals surface area contributed by atoms with Gasteiger partial charge < -0.3 is 10.1 Å². The third-order valence-electron chi connectivity index (χ3n) is 4.79. The first-order valence-electron chi connectivity index (χ1n) is 7.95. The first-order chi connectivity index (χ1) is 12.0. The molecule has 6 heteroatoms. The van der Waals surface area contributed by atoms with Gasteiger partial charge in [0.25, 0.3) is 11.8 Å². The third kappa shape index (κ3) is 2.21. The largest absolute Gasteiger partial charge is 0.497 e. The molecule has 1 saturated heterocycles. The Morgan fingerprint density at radius 3 is 2.52 bits per heavy atom. The molecule has 4 rings (SSSR count). The maximum Gasteiger partial charge on any atom is 0.260 e. The van der Waals surface area contributed by atoms with Crippen molar-refractivity contribution in [1.82, 2.24) is 10.2 Å². The first kappa shape index (κ1) is 15.4. The van der Waals surface area contributed by atoms with E-state index in [9.17, 15) is 14.4 Å². The van der Waals surface area contributed by atoms with Crippen molar-refractivity contribution in [2.45, 2.75) is 18.5 Å². The van der Waals surface area contributed by atoms with Gasteiger partial charge >= 0.3 is 0 Å². The average molecular weight is 336 g/mol. The van der Waals surface area contributed by atoms with Crippen LogP contribution in [0.25, 0.3) is 0 Å². The zero-order chi connectivity index (χ0) is 17.6. The van der Waals surface area contributed by atoms with E-state index in [0.717, 1.165) is 5.56 Å². The van der Waals surface area contributed by atoms with Crippen molar-refractivity contribution in [3.05, 3.63) is 65.2 Å². The average Bonchev–Trinajstić information content (AvgIpc) is 3.05. The fourth-order valence-electron chi connectivity index (χ4n) is 3.50. The van der Waals surface area contributed by atoms with Gasteiger partial charge in [0, 0.05) is 11.1 Å². The maximum absolute atomic E-state index is 13.0. The zero-order valence-electron chi connectivity index (χ0n) is 13.6. The number of nitrogens with one attached hydrogen (secondary N) is 1. The second-order valence-corrected chi connectivity index (χ2v) is 6.21. The molecule has 2 aliphatic rings. The molecule has 0 radical (unpaired) electrons. The van der Waals surface area contributed by atoms with Crippen molar-refractivity contribution in [2.75, 3.05) is 7.11 Å². The van der Waals surface area contributed by atoms with Crippen molar-refractivity contribution >= 4 is 17.7 Å². The van der Waals surface area contributed by atoms with E-state index in [-0.39, 0.29) is 30.7 Å². The number of ether oxygens (including phenoxy) is 1. The van der Waals surface area contributed by atoms with Gasteiger partial charge in [-0.25, -0.2) is 0 Å². The van der Waals surface area contributed by atoms with Gasteiger partial charge in [-0.1, -0.05) is 30.3 Å². The van der Waals surface area contributed by atoms with E-state index in [1.54, 1.807) is 43.5 Å². The highest BCUT2D eigenvalue weighted by molar-refractivity contribution is 6.15. The van der Waals surface area contributed by atoms with Crippen LogP contribution in [0.1, 0.15) is 27.9 Å². The van der Waals surface area contributed by atoms with E-state index in [0.29, 0.717) is 16.9 Å². The van der Waals surface area contributed by atoms with Gasteiger partial charge in [0.1, 0.15) is 5.75 Å². The van der Waals surface area contributed by atoms with E-state index in [4.69, 9.17) is 4.74 Å². The number of imide groups is 1. The number of fused-ring (bicyclic) bond motifs is 2. The highest BCUT2D eigenvalue weighted by Crippen LogP contribution is 2.40. The Balaban J connectivity index is 1.66. The molecule has 1 spiro atoms. The molecule has 0 aromatic heterocycles. The minimum Gasteiger partial charge on any atom is -0.497 e. The lowest BCUT2D eigenvalue weighted by molar-refractivity contribution is -0.140. The van der Waals surface area contributed by atoms with Crippen LogP contribution in [0.3, 0.4) is 0 Å². The van der Waals surface area contributed by atoms with Crippen molar-refractivity contribution in [2.24, 2.45) is 0 Å². The van der Waals surface area contributed by atoms with Gasteiger partial charge in [-0.3, -0.25) is 19.3 Å². The molecule has 25 heavy (non-hydrogen) atoms. The molecule has 3 amide bonds. The fourth-order valence-corrected chi connectivity index (χ4v) is 3.50. The molecule has 1 fully saturated rings. The highest BCUT2D eigenvalue weighted by Gasteiger charge is 2.57. The van der Waals surface area contributed by atoms with Gasteiger partial charge in [-0.2, -0.15) is 0 Å². The Morgan fingerprint density at radius 1 is 1.08 bits per heavy atom. The smallest absolute Gasteiger partial charge is 0.260 e. The molecule has 0 aliphatic carbocycles. The molecule has 0 saturated carbocycles. The SMILES string of the molecule is COc1ccc(CN2C(=O)C[C@@]3(NC(=O)c4ccccc43)C2=O)cc1. The molecule has 1 N–H and O–H groups in total. The number of methoxy groups -OCH3 is 1. The lowest BCUT2D eigenvalue weighted by Crippen LogP contribution is -2.46. The predicted molar refractivity (Wildman–Crippen MR) is 88.8 cm³/mol. The predicted octanol–water partition coefficient (Wildman–Crippen LogP) is 1.59. The van der Waals surface area contributed by atoms with Crippen LogP contribution in [-0.4, -0.2) is 29.7 Å². The number of amides is 3. The number of hydrogen-bond acceptors (Lipinski definition) is 4. The summed E-state index contributed by atoms with van der Waals surface area (Å²) < 4.78 is 5.11. The quantitative estimate of drug-likeness (QED) is 0.864. The van der Waals surface area contributed by atoms with Crippen molar-refractivity contribution in [3.63, 3.8) is 0 Å². The van der Waals surface area contributed by atoms with E-state index >= 15 is 0 Å². The van der Waals surface area contributed by atoms with Crippen molar-refractivity contribution in [3.8, 4) is 5.75 Å². The Bertz CT molecular complexity index is 891. The maximum atomic E-state index is 13.0. The third-order valence-corrected chi connectivity index (χ3v) is 4.79. The molecule has 1 atom stereocenters. The van der Waals surface area contributed by atoms with Crippen LogP contribution < -0.4 is 10.1 Å². The second kappa shape index (κ2) is 5.44. The van der Waals surface area contributed by atoms with Crippen LogP contribution in [0, 0.1) is 0 Å². The van der Waals surface area contributed by atoms with Crippen LogP contribution in [0.4, 0.5) is 0 Å². The van der Waals surface area contributed by atoms with E-state index in [1.165, 1.54) is 4.90 Å². The number of rotatable bonds is 3. The molecule has 0 bridgehead atoms. The van der Waals surface area contributed by atoms with Crippen LogP contribution in [-0.2, 0) is 21.7 Å². The van der Waals surface area contributed by atoms with Crippen LogP contribution in [0.15, 0.2) is 48.5 Å². The molecule has 2 aliphatic heterocycles. The molecule has 2 aromatic carbocycles. The Morgan fingerprint density at radius 2 is 1.80 bits per heavy atom. The van der Waals surface area contributed by atoms with Crippen molar-refractivity contribution < 1.29 is 19.1 Å². The topological polar surface area (TPSA) is 75.7 Å². The summed E-state index contributed by atoms with van der Waals surface area (Å²) in [5, 5.41) is 2.74. The Labute approximate surface area is 144 Å². The fraction of sp³-hybridized carbons (Fsp3) is 0.211. The summed E-state index contributed by atoms with van der Waals surface area (Å²) in [6.45, 7) is 0.168. The normalized spacial score (nSPS) is 21.6. The molecular formula is C19H16N2O4. The summed E-state index contributed by atoms with van der Waals surface area (Å²) in [6, 6.07) is 14.1.